The smallest absolute Gasteiger partial charge is 0.307 e. The van der Waals surface area contributed by atoms with E-state index in [2.05, 4.69) is 4.98 Å². The molecule has 0 radical (unpaired) electrons. The fraction of sp³-hybridized carbons (Fsp3) is 0.167. The number of aliphatic carboxylic acids is 1. The minimum absolute atomic E-state index is 0.00400. The van der Waals surface area contributed by atoms with Gasteiger partial charge in [-0.1, -0.05) is 0 Å². The highest BCUT2D eigenvalue weighted by Gasteiger charge is 2.36. The number of rotatable bonds is 4. The van der Waals surface area contributed by atoms with Gasteiger partial charge >= 0.3 is 5.97 Å². The van der Waals surface area contributed by atoms with Gasteiger partial charge < -0.3 is 9.84 Å². The number of benzene rings is 2. The summed E-state index contributed by atoms with van der Waals surface area (Å²) in [5.41, 5.74) is 0.0652. The van der Waals surface area contributed by atoms with Gasteiger partial charge in [-0.15, -0.1) is 11.3 Å². The third-order valence-electron chi connectivity index (χ3n) is 4.17. The lowest BCUT2D eigenvalue weighted by atomic mass is 10.1. The fourth-order valence-corrected chi connectivity index (χ4v) is 3.92. The Morgan fingerprint density at radius 2 is 1.96 bits per heavy atom. The summed E-state index contributed by atoms with van der Waals surface area (Å²) < 4.78 is 46.7. The lowest BCUT2D eigenvalue weighted by molar-refractivity contribution is -0.142. The molecule has 0 saturated heterocycles. The molecule has 0 aliphatic carbocycles. The first-order valence-corrected chi connectivity index (χ1v) is 8.88. The molecule has 1 aromatic heterocycles. The molecule has 144 valence electrons. The predicted molar refractivity (Wildman–Crippen MR) is 93.8 cm³/mol. The van der Waals surface area contributed by atoms with Crippen molar-refractivity contribution in [3.05, 3.63) is 52.8 Å². The topological polar surface area (TPSA) is 79.7 Å². The molecule has 1 aliphatic heterocycles. The van der Waals surface area contributed by atoms with Crippen LogP contribution in [0.2, 0.25) is 0 Å². The zero-order valence-electron chi connectivity index (χ0n) is 14.0. The maximum Gasteiger partial charge on any atom is 0.307 e. The molecule has 6 nitrogen and oxygen atoms in total. The molecule has 10 heteroatoms. The summed E-state index contributed by atoms with van der Waals surface area (Å²) in [7, 11) is 0. The van der Waals surface area contributed by atoms with Crippen LogP contribution in [0.3, 0.4) is 0 Å². The van der Waals surface area contributed by atoms with Crippen molar-refractivity contribution in [2.45, 2.75) is 19.1 Å². The van der Waals surface area contributed by atoms with E-state index in [1.165, 1.54) is 11.0 Å². The molecular formula is C18H11F3N2O4S. The molecule has 1 aliphatic rings. The maximum absolute atomic E-state index is 13.9. The van der Waals surface area contributed by atoms with Crippen molar-refractivity contribution in [3.63, 3.8) is 0 Å². The molecule has 0 spiro atoms. The molecule has 28 heavy (non-hydrogen) atoms. The monoisotopic (exact) mass is 408 g/mol. The molecule has 3 aromatic rings. The zero-order chi connectivity index (χ0) is 20.0. The number of aromatic nitrogens is 1. The Kier molecular flexibility index (Phi) is 4.42. The Labute approximate surface area is 159 Å². The number of carboxylic acids is 1. The number of carbonyl (C=O) groups excluding carboxylic acids is 1. The van der Waals surface area contributed by atoms with Crippen LogP contribution in [-0.2, 0) is 16.1 Å². The van der Waals surface area contributed by atoms with Crippen molar-refractivity contribution in [1.82, 2.24) is 4.98 Å². The largest absolute Gasteiger partial charge is 0.481 e. The number of nitrogens with zero attached hydrogens (tertiary/aromatic N) is 2. The number of halogens is 3. The van der Waals surface area contributed by atoms with Gasteiger partial charge in [-0.25, -0.2) is 18.2 Å². The van der Waals surface area contributed by atoms with Gasteiger partial charge in [0, 0.05) is 6.07 Å². The van der Waals surface area contributed by atoms with Crippen molar-refractivity contribution in [2.75, 3.05) is 4.90 Å². The average Bonchev–Trinajstić information content (AvgIpc) is 3.06. The van der Waals surface area contributed by atoms with E-state index in [9.17, 15) is 22.8 Å². The van der Waals surface area contributed by atoms with Crippen molar-refractivity contribution in [1.29, 1.82) is 0 Å². The second-order valence-corrected chi connectivity index (χ2v) is 7.14. The minimum Gasteiger partial charge on any atom is -0.481 e. The first-order chi connectivity index (χ1) is 13.3. The number of carbonyl (C=O) groups is 2. The number of fused-ring (bicyclic) bond motifs is 2. The lowest BCUT2D eigenvalue weighted by Crippen LogP contribution is -2.46. The molecule has 1 amide bonds. The molecule has 2 heterocycles. The first kappa shape index (κ1) is 18.2. The van der Waals surface area contributed by atoms with Crippen molar-refractivity contribution < 1.29 is 32.6 Å². The summed E-state index contributed by atoms with van der Waals surface area (Å²) >= 11 is 0.875. The molecule has 1 N–H and O–H groups in total. The van der Waals surface area contributed by atoms with Crippen LogP contribution in [0.25, 0.3) is 10.2 Å². The second kappa shape index (κ2) is 6.79. The van der Waals surface area contributed by atoms with Gasteiger partial charge in [0.05, 0.1) is 23.4 Å². The third-order valence-corrected chi connectivity index (χ3v) is 5.22. The Morgan fingerprint density at radius 1 is 1.21 bits per heavy atom. The number of hydrogen-bond acceptors (Lipinski definition) is 5. The summed E-state index contributed by atoms with van der Waals surface area (Å²) in [6, 6.07) is 5.43. The van der Waals surface area contributed by atoms with E-state index in [0.717, 1.165) is 35.6 Å². The molecule has 0 fully saturated rings. The molecule has 0 saturated carbocycles. The van der Waals surface area contributed by atoms with Gasteiger partial charge in [0.2, 0.25) is 0 Å². The minimum atomic E-state index is -1.35. The highest BCUT2D eigenvalue weighted by atomic mass is 32.1. The van der Waals surface area contributed by atoms with E-state index in [0.29, 0.717) is 0 Å². The summed E-state index contributed by atoms with van der Waals surface area (Å²) in [6.07, 6.45) is -1.97. The van der Waals surface area contributed by atoms with Crippen LogP contribution in [0.5, 0.6) is 5.75 Å². The standard InChI is InChI=1S/C18H11F3N2O4S/c19-8-1-4-11-12(5-8)27-13(6-15(24)25)18(26)23(11)7-14-22-16-9(20)2-3-10(21)17(16)28-14/h1-5,13H,6-7H2,(H,24,25). The Hall–Kier alpha value is -3.14. The van der Waals surface area contributed by atoms with Gasteiger partial charge in [0.15, 0.2) is 11.9 Å². The van der Waals surface area contributed by atoms with Crippen LogP contribution in [-0.4, -0.2) is 28.1 Å². The van der Waals surface area contributed by atoms with Gasteiger partial charge in [0.25, 0.3) is 5.91 Å². The van der Waals surface area contributed by atoms with Crippen molar-refractivity contribution >= 4 is 39.1 Å². The van der Waals surface area contributed by atoms with Crippen LogP contribution >= 0.6 is 11.3 Å². The van der Waals surface area contributed by atoms with Gasteiger partial charge in [-0.2, -0.15) is 0 Å². The highest BCUT2D eigenvalue weighted by molar-refractivity contribution is 7.18. The highest BCUT2D eigenvalue weighted by Crippen LogP contribution is 2.37. The summed E-state index contributed by atoms with van der Waals surface area (Å²) in [6.45, 7) is -0.171. The van der Waals surface area contributed by atoms with E-state index >= 15 is 0 Å². The quantitative estimate of drug-likeness (QED) is 0.715. The van der Waals surface area contributed by atoms with Crippen LogP contribution < -0.4 is 9.64 Å². The maximum atomic E-state index is 13.9. The van der Waals surface area contributed by atoms with E-state index in [4.69, 9.17) is 9.84 Å². The number of amides is 1. The Bertz CT molecular complexity index is 1080. The fourth-order valence-electron chi connectivity index (χ4n) is 2.94. The Balaban J connectivity index is 1.75. The summed E-state index contributed by atoms with van der Waals surface area (Å²) in [5.74, 6) is -3.88. The van der Waals surface area contributed by atoms with Crippen LogP contribution in [0.1, 0.15) is 11.4 Å². The predicted octanol–water partition coefficient (Wildman–Crippen LogP) is 3.48. The van der Waals surface area contributed by atoms with E-state index in [1.54, 1.807) is 0 Å². The van der Waals surface area contributed by atoms with Crippen molar-refractivity contribution in [3.8, 4) is 5.75 Å². The molecule has 0 bridgehead atoms. The number of carboxylic acid groups (broad SMARTS) is 1. The van der Waals surface area contributed by atoms with Gasteiger partial charge in [0.1, 0.15) is 27.9 Å². The van der Waals surface area contributed by atoms with Gasteiger partial charge in [-0.05, 0) is 24.3 Å². The zero-order valence-corrected chi connectivity index (χ0v) is 14.8. The molecular weight excluding hydrogens is 397 g/mol. The average molecular weight is 408 g/mol. The summed E-state index contributed by atoms with van der Waals surface area (Å²) in [5, 5.41) is 9.23. The SMILES string of the molecule is O=C(O)CC1Oc2cc(F)ccc2N(Cc2nc3c(F)ccc(F)c3s2)C1=O. The van der Waals surface area contributed by atoms with Crippen molar-refractivity contribution in [2.24, 2.45) is 0 Å². The Morgan fingerprint density at radius 3 is 2.68 bits per heavy atom. The number of anilines is 1. The van der Waals surface area contributed by atoms with Gasteiger partial charge in [-0.3, -0.25) is 14.5 Å². The third kappa shape index (κ3) is 3.15. The van der Waals surface area contributed by atoms with E-state index in [1.807, 2.05) is 0 Å². The van der Waals surface area contributed by atoms with E-state index in [-0.39, 0.29) is 33.2 Å². The molecule has 1 atom stereocenters. The number of ether oxygens (including phenoxy) is 1. The molecule has 2 aromatic carbocycles. The molecule has 1 unspecified atom stereocenters. The number of hydrogen-bond donors (Lipinski definition) is 1. The molecule has 4 rings (SSSR count). The van der Waals surface area contributed by atoms with Crippen LogP contribution in [0.4, 0.5) is 18.9 Å². The van der Waals surface area contributed by atoms with Crippen LogP contribution in [0, 0.1) is 17.5 Å². The van der Waals surface area contributed by atoms with E-state index < -0.39 is 41.9 Å². The normalized spacial score (nSPS) is 16.2. The summed E-state index contributed by atoms with van der Waals surface area (Å²) in [4.78, 5) is 29.0. The second-order valence-electron chi connectivity index (χ2n) is 6.06. The first-order valence-electron chi connectivity index (χ1n) is 8.06. The lowest BCUT2D eigenvalue weighted by Gasteiger charge is -2.33. The number of thiazole rings is 1. The van der Waals surface area contributed by atoms with Crippen LogP contribution in [0.15, 0.2) is 30.3 Å².